The van der Waals surface area contributed by atoms with E-state index in [0.717, 1.165) is 102 Å². The Hall–Kier alpha value is -2.15. The summed E-state index contributed by atoms with van der Waals surface area (Å²) in [6.45, 7) is 2.47. The average molecular weight is 441 g/mol. The number of carbonyl (C=O) groups excluding carboxylic acids is 2. The summed E-state index contributed by atoms with van der Waals surface area (Å²) in [6.07, 6.45) is 12.1. The van der Waals surface area contributed by atoms with E-state index < -0.39 is 0 Å². The van der Waals surface area contributed by atoms with Gasteiger partial charge in [0, 0.05) is 31.6 Å². The molecule has 2 N–H and O–H groups in total. The number of hydrogen-bond donors (Lipinski definition) is 2. The molecule has 0 aromatic carbocycles. The molecule has 7 heteroatoms. The van der Waals surface area contributed by atoms with Gasteiger partial charge in [-0.15, -0.1) is 0 Å². The first kappa shape index (κ1) is 21.7. The van der Waals surface area contributed by atoms with E-state index in [9.17, 15) is 14.7 Å². The van der Waals surface area contributed by atoms with Crippen molar-refractivity contribution in [3.8, 4) is 0 Å². The molecule has 2 aliphatic carbocycles. The molecule has 4 aliphatic rings. The van der Waals surface area contributed by atoms with Crippen molar-refractivity contribution in [2.75, 3.05) is 29.9 Å². The predicted octanol–water partition coefficient (Wildman–Crippen LogP) is 3.33. The number of rotatable bonds is 4. The van der Waals surface area contributed by atoms with Gasteiger partial charge in [0.2, 0.25) is 11.8 Å². The van der Waals surface area contributed by atoms with E-state index >= 15 is 0 Å². The molecule has 0 bridgehead atoms. The molecule has 32 heavy (non-hydrogen) atoms. The van der Waals surface area contributed by atoms with E-state index in [1.54, 1.807) is 6.20 Å². The summed E-state index contributed by atoms with van der Waals surface area (Å²) in [5.41, 5.74) is 0.450. The Bertz CT molecular complexity index is 830. The fourth-order valence-electron chi connectivity index (χ4n) is 6.35. The summed E-state index contributed by atoms with van der Waals surface area (Å²) in [5.74, 6) is 1.44. The summed E-state index contributed by atoms with van der Waals surface area (Å²) in [7, 11) is 0. The van der Waals surface area contributed by atoms with E-state index in [-0.39, 0.29) is 23.3 Å². The molecule has 2 saturated carbocycles. The first-order valence-corrected chi connectivity index (χ1v) is 12.6. The molecule has 2 aliphatic heterocycles. The number of aliphatic hydroxyl groups is 1. The third-order valence-electron chi connectivity index (χ3n) is 8.30. The van der Waals surface area contributed by atoms with E-state index in [1.807, 2.05) is 12.1 Å². The summed E-state index contributed by atoms with van der Waals surface area (Å²) in [5, 5.41) is 12.8. The number of likely N-dealkylation sites (tertiary alicyclic amines) is 1. The van der Waals surface area contributed by atoms with Gasteiger partial charge in [-0.1, -0.05) is 12.8 Å². The fraction of sp³-hybridized carbons (Fsp3) is 0.720. The first-order chi connectivity index (χ1) is 15.5. The highest BCUT2D eigenvalue weighted by Crippen LogP contribution is 2.43. The highest BCUT2D eigenvalue weighted by atomic mass is 16.3. The van der Waals surface area contributed by atoms with Crippen molar-refractivity contribution in [3.63, 3.8) is 0 Å². The number of amides is 2. The first-order valence-electron chi connectivity index (χ1n) is 12.6. The molecule has 1 aromatic rings. The monoisotopic (exact) mass is 440 g/mol. The summed E-state index contributed by atoms with van der Waals surface area (Å²) in [6, 6.07) is 4.21. The van der Waals surface area contributed by atoms with Crippen LogP contribution in [0.15, 0.2) is 18.3 Å². The minimum Gasteiger partial charge on any atom is -0.393 e. The summed E-state index contributed by atoms with van der Waals surface area (Å²) >= 11 is 0. The Balaban J connectivity index is 1.22. The third kappa shape index (κ3) is 4.24. The second-order valence-electron chi connectivity index (χ2n) is 10.4. The van der Waals surface area contributed by atoms with Gasteiger partial charge in [-0.25, -0.2) is 4.98 Å². The highest BCUT2D eigenvalue weighted by Gasteiger charge is 2.50. The van der Waals surface area contributed by atoms with Crippen molar-refractivity contribution in [1.29, 1.82) is 0 Å². The zero-order valence-electron chi connectivity index (χ0n) is 19.0. The predicted molar refractivity (Wildman–Crippen MR) is 123 cm³/mol. The normalized spacial score (nSPS) is 31.5. The van der Waals surface area contributed by atoms with Gasteiger partial charge in [-0.2, -0.15) is 0 Å². The molecular weight excluding hydrogens is 404 g/mol. The van der Waals surface area contributed by atoms with Gasteiger partial charge in [0.05, 0.1) is 23.4 Å². The van der Waals surface area contributed by atoms with Crippen LogP contribution >= 0.6 is 0 Å². The lowest BCUT2D eigenvalue weighted by molar-refractivity contribution is -0.139. The molecule has 4 fully saturated rings. The molecule has 174 valence electrons. The molecule has 2 saturated heterocycles. The van der Waals surface area contributed by atoms with Gasteiger partial charge in [0.25, 0.3) is 0 Å². The van der Waals surface area contributed by atoms with Crippen molar-refractivity contribution in [2.24, 2.45) is 11.3 Å². The largest absolute Gasteiger partial charge is 0.393 e. The second kappa shape index (κ2) is 9.00. The van der Waals surface area contributed by atoms with Gasteiger partial charge >= 0.3 is 0 Å². The maximum atomic E-state index is 13.5. The van der Waals surface area contributed by atoms with Crippen LogP contribution in [0, 0.1) is 11.3 Å². The Kier molecular flexibility index (Phi) is 6.10. The average Bonchev–Trinajstić information content (AvgIpc) is 3.45. The maximum Gasteiger partial charge on any atom is 0.230 e. The number of hydrogen-bond acceptors (Lipinski definition) is 5. The lowest BCUT2D eigenvalue weighted by atomic mass is 9.78. The summed E-state index contributed by atoms with van der Waals surface area (Å²) < 4.78 is 0. The van der Waals surface area contributed by atoms with Gasteiger partial charge in [-0.3, -0.25) is 9.59 Å². The van der Waals surface area contributed by atoms with Crippen LogP contribution in [-0.4, -0.2) is 58.6 Å². The molecule has 1 unspecified atom stereocenters. The molecular formula is C25H36N4O3. The number of piperidine rings is 1. The Morgan fingerprint density at radius 2 is 1.81 bits per heavy atom. The van der Waals surface area contributed by atoms with Gasteiger partial charge in [0.15, 0.2) is 0 Å². The number of carbonyl (C=O) groups is 2. The van der Waals surface area contributed by atoms with Crippen molar-refractivity contribution in [3.05, 3.63) is 18.3 Å². The van der Waals surface area contributed by atoms with Crippen LogP contribution in [0.2, 0.25) is 0 Å². The fourth-order valence-corrected chi connectivity index (χ4v) is 6.35. The smallest absolute Gasteiger partial charge is 0.230 e. The zero-order chi connectivity index (χ0) is 22.1. The van der Waals surface area contributed by atoms with E-state index in [4.69, 9.17) is 0 Å². The van der Waals surface area contributed by atoms with Gasteiger partial charge in [-0.05, 0) is 69.9 Å². The molecule has 1 aromatic heterocycles. The zero-order valence-corrected chi connectivity index (χ0v) is 19.0. The lowest BCUT2D eigenvalue weighted by Crippen LogP contribution is -2.50. The standard InChI is InChI=1S/C25H36N4O3/c30-21-9-7-20(8-10-21)29-15-13-25(24(29)32)12-3-14-28(17-25)22-11-6-19(16-26-22)27-23(31)18-4-1-2-5-18/h6,11,16,18,20-21,30H,1-5,7-10,12-15,17H2,(H,27,31)/t20-,21-,25?. The van der Waals surface area contributed by atoms with Crippen LogP contribution in [0.25, 0.3) is 0 Å². The van der Waals surface area contributed by atoms with E-state index in [1.165, 1.54) is 0 Å². The molecule has 3 heterocycles. The molecule has 2 amide bonds. The molecule has 5 rings (SSSR count). The number of pyridine rings is 1. The van der Waals surface area contributed by atoms with Crippen molar-refractivity contribution in [2.45, 2.75) is 82.8 Å². The number of nitrogens with one attached hydrogen (secondary N) is 1. The van der Waals surface area contributed by atoms with Crippen LogP contribution < -0.4 is 10.2 Å². The maximum absolute atomic E-state index is 13.5. The molecule has 7 nitrogen and oxygen atoms in total. The van der Waals surface area contributed by atoms with Crippen LogP contribution in [-0.2, 0) is 9.59 Å². The number of aromatic nitrogens is 1. The topological polar surface area (TPSA) is 85.8 Å². The van der Waals surface area contributed by atoms with Crippen molar-refractivity contribution < 1.29 is 14.7 Å². The van der Waals surface area contributed by atoms with Gasteiger partial charge < -0.3 is 20.2 Å². The minimum atomic E-state index is -0.300. The Morgan fingerprint density at radius 3 is 2.53 bits per heavy atom. The number of anilines is 2. The van der Waals surface area contributed by atoms with Crippen molar-refractivity contribution >= 4 is 23.3 Å². The van der Waals surface area contributed by atoms with E-state index in [2.05, 4.69) is 20.1 Å². The quantitative estimate of drug-likeness (QED) is 0.750. The van der Waals surface area contributed by atoms with Gasteiger partial charge in [0.1, 0.15) is 5.82 Å². The highest BCUT2D eigenvalue weighted by molar-refractivity contribution is 5.92. The third-order valence-corrected chi connectivity index (χ3v) is 8.30. The molecule has 1 atom stereocenters. The second-order valence-corrected chi connectivity index (χ2v) is 10.4. The van der Waals surface area contributed by atoms with E-state index in [0.29, 0.717) is 11.9 Å². The SMILES string of the molecule is O=C(Nc1ccc(N2CCCC3(CCN([C@H]4CC[C@H](O)CC4)C3=O)C2)nc1)C1CCCC1. The van der Waals surface area contributed by atoms with Crippen LogP contribution in [0.5, 0.6) is 0 Å². The Morgan fingerprint density at radius 1 is 1.03 bits per heavy atom. The van der Waals surface area contributed by atoms with Crippen LogP contribution in [0.1, 0.15) is 70.6 Å². The lowest BCUT2D eigenvalue weighted by Gasteiger charge is -2.41. The van der Waals surface area contributed by atoms with Crippen LogP contribution in [0.3, 0.4) is 0 Å². The minimum absolute atomic E-state index is 0.112. The Labute approximate surface area is 190 Å². The van der Waals surface area contributed by atoms with Crippen LogP contribution in [0.4, 0.5) is 11.5 Å². The molecule has 1 spiro atoms. The van der Waals surface area contributed by atoms with Crippen molar-refractivity contribution in [1.82, 2.24) is 9.88 Å². The molecule has 0 radical (unpaired) electrons. The number of aliphatic hydroxyl groups excluding tert-OH is 1. The number of nitrogens with zero attached hydrogens (tertiary/aromatic N) is 3. The summed E-state index contributed by atoms with van der Waals surface area (Å²) in [4.78, 5) is 34.9.